The van der Waals surface area contributed by atoms with Gasteiger partial charge in [0.15, 0.2) is 0 Å². The highest BCUT2D eigenvalue weighted by atomic mass is 32.5. The molecule has 23 heavy (non-hydrogen) atoms. The van der Waals surface area contributed by atoms with E-state index in [0.29, 0.717) is 12.8 Å². The van der Waals surface area contributed by atoms with Crippen LogP contribution < -0.4 is 0 Å². The molecule has 7 nitrogen and oxygen atoms in total. The molecular formula is C12H27BO7P2S. The molecule has 0 aromatic heterocycles. The summed E-state index contributed by atoms with van der Waals surface area (Å²) in [4.78, 5) is 28.4. The molecule has 136 valence electrons. The molecule has 1 unspecified atom stereocenters. The van der Waals surface area contributed by atoms with Crippen LogP contribution in [0.3, 0.4) is 0 Å². The zero-order chi connectivity index (χ0) is 18.1. The summed E-state index contributed by atoms with van der Waals surface area (Å²) in [5, 5.41) is 0. The first kappa shape index (κ1) is 21.7. The van der Waals surface area contributed by atoms with E-state index in [2.05, 4.69) is 0 Å². The van der Waals surface area contributed by atoms with Gasteiger partial charge in [0.05, 0.1) is 24.0 Å². The summed E-state index contributed by atoms with van der Waals surface area (Å²) in [5.41, 5.74) is -0.630. The highest BCUT2D eigenvalue weighted by Gasteiger charge is 2.45. The molecule has 0 spiro atoms. The van der Waals surface area contributed by atoms with Gasteiger partial charge in [0.1, 0.15) is 7.85 Å². The fourth-order valence-corrected chi connectivity index (χ4v) is 5.97. The SMILES string of the molecule is B[C@@H]1C[C@H](CCP(=O)(O)O)[C@@H](OC)[C@H]1OP(O)(=S)OC(C)(C)C. The van der Waals surface area contributed by atoms with E-state index < -0.39 is 26.0 Å². The van der Waals surface area contributed by atoms with Crippen molar-refractivity contribution < 1.29 is 33.0 Å². The van der Waals surface area contributed by atoms with Crippen LogP contribution in [0.1, 0.15) is 33.6 Å². The number of ether oxygens (including phenoxy) is 1. The van der Waals surface area contributed by atoms with Crippen molar-refractivity contribution in [3.05, 3.63) is 0 Å². The maximum absolute atomic E-state index is 11.1. The van der Waals surface area contributed by atoms with Crippen LogP contribution in [-0.4, -0.2) is 53.6 Å². The van der Waals surface area contributed by atoms with Crippen LogP contribution in [0.5, 0.6) is 0 Å². The monoisotopic (exact) mass is 388 g/mol. The summed E-state index contributed by atoms with van der Waals surface area (Å²) in [6, 6.07) is 0. The van der Waals surface area contributed by atoms with Gasteiger partial charge in [-0.15, -0.1) is 0 Å². The molecule has 1 fully saturated rings. The molecule has 0 aromatic carbocycles. The molecule has 0 bridgehead atoms. The van der Waals surface area contributed by atoms with E-state index in [4.69, 9.17) is 35.4 Å². The Labute approximate surface area is 143 Å². The maximum Gasteiger partial charge on any atom is 0.325 e. The van der Waals surface area contributed by atoms with Crippen LogP contribution in [0.15, 0.2) is 0 Å². The number of rotatable bonds is 7. The van der Waals surface area contributed by atoms with E-state index in [9.17, 15) is 9.46 Å². The average Bonchev–Trinajstić information content (AvgIpc) is 2.58. The highest BCUT2D eigenvalue weighted by molar-refractivity contribution is 8.07. The van der Waals surface area contributed by atoms with E-state index >= 15 is 0 Å². The van der Waals surface area contributed by atoms with Crippen molar-refractivity contribution in [2.24, 2.45) is 5.92 Å². The lowest BCUT2D eigenvalue weighted by atomic mass is 9.83. The Balaban J connectivity index is 2.78. The molecule has 0 radical (unpaired) electrons. The molecular weight excluding hydrogens is 361 g/mol. The molecule has 5 atom stereocenters. The second-order valence-electron chi connectivity index (χ2n) is 7.09. The second-order valence-corrected chi connectivity index (χ2v) is 11.6. The predicted molar refractivity (Wildman–Crippen MR) is 94.9 cm³/mol. The van der Waals surface area contributed by atoms with Gasteiger partial charge in [-0.3, -0.25) is 4.57 Å². The van der Waals surface area contributed by atoms with E-state index in [1.807, 2.05) is 7.85 Å². The Morgan fingerprint density at radius 1 is 1.26 bits per heavy atom. The number of methoxy groups -OCH3 is 1. The van der Waals surface area contributed by atoms with Crippen molar-refractivity contribution in [1.82, 2.24) is 0 Å². The zero-order valence-electron chi connectivity index (χ0n) is 14.2. The Morgan fingerprint density at radius 2 is 1.83 bits per heavy atom. The predicted octanol–water partition coefficient (Wildman–Crippen LogP) is 1.43. The van der Waals surface area contributed by atoms with Gasteiger partial charge in [0, 0.05) is 7.11 Å². The largest absolute Gasteiger partial charge is 0.378 e. The molecule has 1 aliphatic carbocycles. The van der Waals surface area contributed by atoms with Crippen molar-refractivity contribution in [2.75, 3.05) is 13.3 Å². The lowest BCUT2D eigenvalue weighted by Crippen LogP contribution is -2.32. The van der Waals surface area contributed by atoms with Crippen LogP contribution in [-0.2, 0) is 30.2 Å². The standard InChI is InChI=1S/C12H27BO7P2S/c1-12(2,3)20-22(17,23)19-11-9(13)7-8(10(11)18-4)5-6-21(14,15)16/h8-11H,5-7,13H2,1-4H3,(H,17,23)(H2,14,15,16)/t8-,9+,10+,11-,22?/m0/s1. The minimum absolute atomic E-state index is 0.0414. The molecule has 0 amide bonds. The molecule has 0 saturated heterocycles. The van der Waals surface area contributed by atoms with Gasteiger partial charge in [-0.05, 0) is 57.2 Å². The van der Waals surface area contributed by atoms with E-state index in [1.165, 1.54) is 7.11 Å². The quantitative estimate of drug-likeness (QED) is 0.445. The van der Waals surface area contributed by atoms with Crippen molar-refractivity contribution in [3.8, 4) is 0 Å². The first-order valence-corrected chi connectivity index (χ1v) is 11.9. The smallest absolute Gasteiger partial charge is 0.325 e. The molecule has 11 heteroatoms. The lowest BCUT2D eigenvalue weighted by Gasteiger charge is -2.31. The normalized spacial score (nSPS) is 32.0. The molecule has 0 heterocycles. The minimum atomic E-state index is -4.05. The van der Waals surface area contributed by atoms with Crippen molar-refractivity contribution in [3.63, 3.8) is 0 Å². The summed E-state index contributed by atoms with van der Waals surface area (Å²) in [5.74, 6) is -0.0166. The van der Waals surface area contributed by atoms with E-state index in [0.717, 1.165) is 0 Å². The molecule has 1 rings (SSSR count). The van der Waals surface area contributed by atoms with Crippen molar-refractivity contribution in [1.29, 1.82) is 0 Å². The third-order valence-corrected chi connectivity index (χ3v) is 6.34. The molecule has 1 aliphatic rings. The fourth-order valence-electron chi connectivity index (χ4n) is 2.97. The third kappa shape index (κ3) is 7.64. The van der Waals surface area contributed by atoms with Gasteiger partial charge in [0.25, 0.3) is 0 Å². The van der Waals surface area contributed by atoms with E-state index in [1.54, 1.807) is 20.8 Å². The number of hydrogen-bond donors (Lipinski definition) is 3. The Bertz CT molecular complexity index is 492. The van der Waals surface area contributed by atoms with Crippen LogP contribution in [0.2, 0.25) is 5.82 Å². The minimum Gasteiger partial charge on any atom is -0.378 e. The molecule has 3 N–H and O–H groups in total. The number of hydrogen-bond acceptors (Lipinski definition) is 5. The first-order chi connectivity index (χ1) is 10.2. The van der Waals surface area contributed by atoms with Gasteiger partial charge in [0.2, 0.25) is 0 Å². The van der Waals surface area contributed by atoms with Gasteiger partial charge in [-0.2, -0.15) is 0 Å². The summed E-state index contributed by atoms with van der Waals surface area (Å²) >= 11 is 5.09. The Kier molecular flexibility index (Phi) is 7.51. The summed E-state index contributed by atoms with van der Waals surface area (Å²) < 4.78 is 27.7. The molecule has 0 aliphatic heterocycles. The third-order valence-electron chi connectivity index (χ3n) is 3.73. The zero-order valence-corrected chi connectivity index (χ0v) is 16.8. The highest BCUT2D eigenvalue weighted by Crippen LogP contribution is 2.54. The van der Waals surface area contributed by atoms with Gasteiger partial charge in [-0.25, -0.2) is 0 Å². The fraction of sp³-hybridized carbons (Fsp3) is 1.00. The summed E-state index contributed by atoms with van der Waals surface area (Å²) in [6.45, 7) is 1.91. The second kappa shape index (κ2) is 7.94. The van der Waals surface area contributed by atoms with Gasteiger partial charge < -0.3 is 28.5 Å². The van der Waals surface area contributed by atoms with Gasteiger partial charge >= 0.3 is 14.3 Å². The average molecular weight is 388 g/mol. The van der Waals surface area contributed by atoms with Crippen LogP contribution in [0.25, 0.3) is 0 Å². The van der Waals surface area contributed by atoms with Crippen molar-refractivity contribution >= 4 is 34.0 Å². The van der Waals surface area contributed by atoms with Gasteiger partial charge in [-0.1, -0.05) is 0 Å². The molecule has 1 saturated carbocycles. The summed E-state index contributed by atoms with van der Waals surface area (Å²) in [6.07, 6.45) is -0.00685. The van der Waals surface area contributed by atoms with Crippen molar-refractivity contribution in [2.45, 2.75) is 57.2 Å². The summed E-state index contributed by atoms with van der Waals surface area (Å²) in [7, 11) is -0.580. The first-order valence-electron chi connectivity index (χ1n) is 7.53. The van der Waals surface area contributed by atoms with E-state index in [-0.39, 0.29) is 24.0 Å². The van der Waals surface area contributed by atoms with Crippen LogP contribution >= 0.6 is 14.3 Å². The Morgan fingerprint density at radius 3 is 2.26 bits per heavy atom. The Hall–Kier alpha value is 0.705. The maximum atomic E-state index is 11.1. The van der Waals surface area contributed by atoms with Crippen LogP contribution in [0, 0.1) is 5.92 Å². The molecule has 0 aromatic rings. The lowest BCUT2D eigenvalue weighted by molar-refractivity contribution is -0.0174. The van der Waals surface area contributed by atoms with Crippen LogP contribution in [0.4, 0.5) is 0 Å². The topological polar surface area (TPSA) is 105 Å².